The maximum Gasteiger partial charge on any atom is 0.234 e. The minimum atomic E-state index is 0.109. The lowest BCUT2D eigenvalue weighted by atomic mass is 10.1. The van der Waals surface area contributed by atoms with Gasteiger partial charge in [0.1, 0.15) is 0 Å². The number of carbonyl (C=O) groups is 1. The Morgan fingerprint density at radius 2 is 1.88 bits per heavy atom. The molecule has 0 saturated heterocycles. The van der Waals surface area contributed by atoms with Crippen LogP contribution < -0.4 is 10.6 Å². The van der Waals surface area contributed by atoms with Crippen molar-refractivity contribution in [2.24, 2.45) is 0 Å². The van der Waals surface area contributed by atoms with E-state index in [-0.39, 0.29) is 5.91 Å². The smallest absolute Gasteiger partial charge is 0.234 e. The highest BCUT2D eigenvalue weighted by atomic mass is 16.2. The van der Waals surface area contributed by atoms with Crippen LogP contribution in [0, 0.1) is 0 Å². The molecular formula is C14H20N2O. The van der Waals surface area contributed by atoms with E-state index >= 15 is 0 Å². The molecule has 3 heteroatoms. The van der Waals surface area contributed by atoms with Crippen molar-refractivity contribution in [2.45, 2.75) is 38.8 Å². The normalized spacial score (nSPS) is 14.6. The number of nitrogens with one attached hydrogen (secondary N) is 2. The summed E-state index contributed by atoms with van der Waals surface area (Å²) >= 11 is 0. The zero-order chi connectivity index (χ0) is 12.1. The molecule has 3 nitrogen and oxygen atoms in total. The van der Waals surface area contributed by atoms with Gasteiger partial charge >= 0.3 is 0 Å². The highest BCUT2D eigenvalue weighted by Crippen LogP contribution is 2.18. The fraction of sp³-hybridized carbons (Fsp3) is 0.500. The fourth-order valence-corrected chi connectivity index (χ4v) is 1.72. The molecule has 2 rings (SSSR count). The van der Waals surface area contributed by atoms with E-state index in [0.29, 0.717) is 12.6 Å². The molecule has 1 aromatic carbocycles. The Balaban J connectivity index is 1.67. The van der Waals surface area contributed by atoms with Gasteiger partial charge in [0.2, 0.25) is 5.91 Å². The Kier molecular flexibility index (Phi) is 4.15. The molecule has 0 unspecified atom stereocenters. The van der Waals surface area contributed by atoms with Gasteiger partial charge in [-0.3, -0.25) is 4.79 Å². The Hall–Kier alpha value is -1.35. The predicted octanol–water partition coefficient (Wildman–Crippen LogP) is 1.62. The maximum atomic E-state index is 11.4. The van der Waals surface area contributed by atoms with Gasteiger partial charge in [-0.25, -0.2) is 0 Å². The van der Waals surface area contributed by atoms with Crippen molar-refractivity contribution in [3.63, 3.8) is 0 Å². The SMILES string of the molecule is CCc1ccc(CNCC(=O)NC2CC2)cc1. The van der Waals surface area contributed by atoms with E-state index in [4.69, 9.17) is 0 Å². The topological polar surface area (TPSA) is 41.1 Å². The molecule has 0 radical (unpaired) electrons. The molecule has 0 aliphatic heterocycles. The van der Waals surface area contributed by atoms with Crippen molar-refractivity contribution in [1.29, 1.82) is 0 Å². The lowest BCUT2D eigenvalue weighted by molar-refractivity contribution is -0.120. The van der Waals surface area contributed by atoms with Gasteiger partial charge in [-0.1, -0.05) is 31.2 Å². The second-order valence-electron chi connectivity index (χ2n) is 4.62. The fourth-order valence-electron chi connectivity index (χ4n) is 1.72. The molecule has 1 aliphatic rings. The first-order valence-corrected chi connectivity index (χ1v) is 6.36. The maximum absolute atomic E-state index is 11.4. The number of aryl methyl sites for hydroxylation is 1. The van der Waals surface area contributed by atoms with Gasteiger partial charge in [-0.15, -0.1) is 0 Å². The second-order valence-corrected chi connectivity index (χ2v) is 4.62. The summed E-state index contributed by atoms with van der Waals surface area (Å²) in [5.41, 5.74) is 2.57. The molecule has 0 aromatic heterocycles. The molecule has 1 fully saturated rings. The molecule has 0 bridgehead atoms. The summed E-state index contributed by atoms with van der Waals surface area (Å²) in [6, 6.07) is 8.96. The first-order chi connectivity index (χ1) is 8.28. The van der Waals surface area contributed by atoms with Gasteiger partial charge in [0.05, 0.1) is 6.54 Å². The van der Waals surface area contributed by atoms with Crippen LogP contribution in [0.15, 0.2) is 24.3 Å². The minimum Gasteiger partial charge on any atom is -0.352 e. The summed E-state index contributed by atoms with van der Waals surface area (Å²) in [5.74, 6) is 0.109. The monoisotopic (exact) mass is 232 g/mol. The number of amides is 1. The summed E-state index contributed by atoms with van der Waals surface area (Å²) < 4.78 is 0. The zero-order valence-electron chi connectivity index (χ0n) is 10.3. The van der Waals surface area contributed by atoms with Crippen molar-refractivity contribution in [3.8, 4) is 0 Å². The van der Waals surface area contributed by atoms with Crippen molar-refractivity contribution in [3.05, 3.63) is 35.4 Å². The Morgan fingerprint density at radius 1 is 1.24 bits per heavy atom. The van der Waals surface area contributed by atoms with E-state index in [1.807, 2.05) is 0 Å². The molecule has 1 saturated carbocycles. The average molecular weight is 232 g/mol. The number of carbonyl (C=O) groups excluding carboxylic acids is 1. The summed E-state index contributed by atoms with van der Waals surface area (Å²) in [7, 11) is 0. The summed E-state index contributed by atoms with van der Waals surface area (Å²) in [5, 5.41) is 6.12. The van der Waals surface area contributed by atoms with Crippen LogP contribution in [0.2, 0.25) is 0 Å². The van der Waals surface area contributed by atoms with Crippen molar-refractivity contribution >= 4 is 5.91 Å². The molecule has 2 N–H and O–H groups in total. The molecular weight excluding hydrogens is 212 g/mol. The Morgan fingerprint density at radius 3 is 2.47 bits per heavy atom. The summed E-state index contributed by atoms with van der Waals surface area (Å²) in [6.07, 6.45) is 3.35. The van der Waals surface area contributed by atoms with Gasteiger partial charge in [-0.05, 0) is 30.4 Å². The standard InChI is InChI=1S/C14H20N2O/c1-2-11-3-5-12(6-4-11)9-15-10-14(17)16-13-7-8-13/h3-6,13,15H,2,7-10H2,1H3,(H,16,17). The summed E-state index contributed by atoms with van der Waals surface area (Å²) in [4.78, 5) is 11.4. The third kappa shape index (κ3) is 4.19. The predicted molar refractivity (Wildman–Crippen MR) is 68.7 cm³/mol. The Bertz CT molecular complexity index is 368. The zero-order valence-corrected chi connectivity index (χ0v) is 10.3. The third-order valence-electron chi connectivity index (χ3n) is 2.99. The summed E-state index contributed by atoms with van der Waals surface area (Å²) in [6.45, 7) is 3.31. The van der Waals surface area contributed by atoms with E-state index in [0.717, 1.165) is 25.8 Å². The molecule has 0 spiro atoms. The molecule has 1 aromatic rings. The molecule has 0 heterocycles. The van der Waals surface area contributed by atoms with Crippen LogP contribution in [0.5, 0.6) is 0 Å². The number of benzene rings is 1. The second kappa shape index (κ2) is 5.82. The molecule has 17 heavy (non-hydrogen) atoms. The Labute approximate surface area is 103 Å². The quantitative estimate of drug-likeness (QED) is 0.782. The average Bonchev–Trinajstić information content (AvgIpc) is 3.14. The van der Waals surface area contributed by atoms with E-state index in [2.05, 4.69) is 41.8 Å². The van der Waals surface area contributed by atoms with E-state index in [1.165, 1.54) is 11.1 Å². The number of rotatable bonds is 6. The highest BCUT2D eigenvalue weighted by Gasteiger charge is 2.22. The van der Waals surface area contributed by atoms with Gasteiger partial charge in [0.25, 0.3) is 0 Å². The lowest BCUT2D eigenvalue weighted by Gasteiger charge is -2.06. The minimum absolute atomic E-state index is 0.109. The van der Waals surface area contributed by atoms with Gasteiger partial charge in [0, 0.05) is 12.6 Å². The van der Waals surface area contributed by atoms with Crippen molar-refractivity contribution in [1.82, 2.24) is 10.6 Å². The van der Waals surface area contributed by atoms with E-state index in [1.54, 1.807) is 0 Å². The van der Waals surface area contributed by atoms with Crippen molar-refractivity contribution in [2.75, 3.05) is 6.54 Å². The largest absolute Gasteiger partial charge is 0.352 e. The third-order valence-corrected chi connectivity index (χ3v) is 2.99. The van der Waals surface area contributed by atoms with Crippen LogP contribution in [-0.4, -0.2) is 18.5 Å². The van der Waals surface area contributed by atoms with Gasteiger partial charge < -0.3 is 10.6 Å². The van der Waals surface area contributed by atoms with Crippen LogP contribution in [0.3, 0.4) is 0 Å². The van der Waals surface area contributed by atoms with Crippen LogP contribution in [0.4, 0.5) is 0 Å². The molecule has 1 aliphatic carbocycles. The van der Waals surface area contributed by atoms with Crippen molar-refractivity contribution < 1.29 is 4.79 Å². The lowest BCUT2D eigenvalue weighted by Crippen LogP contribution is -2.34. The van der Waals surface area contributed by atoms with Gasteiger partial charge in [-0.2, -0.15) is 0 Å². The van der Waals surface area contributed by atoms with Crippen LogP contribution >= 0.6 is 0 Å². The molecule has 1 amide bonds. The molecule has 92 valence electrons. The van der Waals surface area contributed by atoms with Crippen LogP contribution in [0.1, 0.15) is 30.9 Å². The van der Waals surface area contributed by atoms with E-state index in [9.17, 15) is 4.79 Å². The number of hydrogen-bond acceptors (Lipinski definition) is 2. The number of hydrogen-bond donors (Lipinski definition) is 2. The van der Waals surface area contributed by atoms with Crippen LogP contribution in [-0.2, 0) is 17.8 Å². The highest BCUT2D eigenvalue weighted by molar-refractivity contribution is 5.78. The molecule has 0 atom stereocenters. The first-order valence-electron chi connectivity index (χ1n) is 6.36. The van der Waals surface area contributed by atoms with Crippen LogP contribution in [0.25, 0.3) is 0 Å². The van der Waals surface area contributed by atoms with E-state index < -0.39 is 0 Å². The first kappa shape index (κ1) is 12.1. The van der Waals surface area contributed by atoms with Gasteiger partial charge in [0.15, 0.2) is 0 Å².